The van der Waals surface area contributed by atoms with Crippen LogP contribution < -0.4 is 5.32 Å². The number of aliphatic carboxylic acids is 1. The van der Waals surface area contributed by atoms with Crippen molar-refractivity contribution in [2.75, 3.05) is 0 Å². The molecule has 21 heavy (non-hydrogen) atoms. The summed E-state index contributed by atoms with van der Waals surface area (Å²) in [5.74, 6) is -1.07. The van der Waals surface area contributed by atoms with E-state index >= 15 is 0 Å². The number of nitrogens with one attached hydrogen (secondary N) is 1. The molecule has 1 aromatic rings. The molecule has 7 heteroatoms. The van der Waals surface area contributed by atoms with E-state index in [1.807, 2.05) is 22.6 Å². The third-order valence-electron chi connectivity index (χ3n) is 2.44. The topological polar surface area (TPSA) is 95.9 Å². The van der Waals surface area contributed by atoms with Crippen LogP contribution in [0.3, 0.4) is 0 Å². The van der Waals surface area contributed by atoms with Crippen molar-refractivity contribution in [3.63, 3.8) is 0 Å². The van der Waals surface area contributed by atoms with Gasteiger partial charge in [-0.15, -0.1) is 0 Å². The van der Waals surface area contributed by atoms with Gasteiger partial charge in [-0.05, 0) is 38.5 Å². The molecule has 0 aliphatic heterocycles. The lowest BCUT2D eigenvalue weighted by Crippen LogP contribution is -2.45. The Balaban J connectivity index is 2.84. The number of benzene rings is 1. The van der Waals surface area contributed by atoms with Crippen LogP contribution >= 0.6 is 22.6 Å². The zero-order valence-electron chi connectivity index (χ0n) is 12.0. The zero-order chi connectivity index (χ0) is 16.2. The SMILES string of the molecule is CC(C)(C)OC(=O)N[C@H](C(=O)O)C(I)c1ccc(O)cc1. The maximum Gasteiger partial charge on any atom is 0.408 e. The molecule has 116 valence electrons. The molecule has 1 rings (SSSR count). The molecule has 0 spiro atoms. The number of rotatable bonds is 4. The number of phenols is 1. The molecule has 1 amide bonds. The largest absolute Gasteiger partial charge is 0.508 e. The quantitative estimate of drug-likeness (QED) is 0.527. The molecule has 0 aliphatic rings. The molecule has 0 saturated carbocycles. The van der Waals surface area contributed by atoms with Gasteiger partial charge in [-0.1, -0.05) is 34.7 Å². The van der Waals surface area contributed by atoms with E-state index in [9.17, 15) is 19.8 Å². The van der Waals surface area contributed by atoms with Gasteiger partial charge >= 0.3 is 12.1 Å². The molecule has 0 fully saturated rings. The average molecular weight is 407 g/mol. The summed E-state index contributed by atoms with van der Waals surface area (Å²) in [6.07, 6.45) is -0.782. The molecule has 0 saturated heterocycles. The predicted molar refractivity (Wildman–Crippen MR) is 85.7 cm³/mol. The standard InChI is InChI=1S/C14H18INO5/c1-14(2,3)21-13(20)16-11(12(18)19)10(15)8-4-6-9(17)7-5-8/h4-7,10-11,17H,1-3H3,(H,16,20)(H,18,19)/t10?,11-/m0/s1. The van der Waals surface area contributed by atoms with Gasteiger partial charge in [0.1, 0.15) is 17.4 Å². The minimum atomic E-state index is -1.16. The molecule has 3 N–H and O–H groups in total. The number of carboxylic acid groups (broad SMARTS) is 1. The lowest BCUT2D eigenvalue weighted by Gasteiger charge is -2.24. The van der Waals surface area contributed by atoms with Crippen molar-refractivity contribution >= 4 is 34.7 Å². The average Bonchev–Trinajstić information content (AvgIpc) is 2.33. The van der Waals surface area contributed by atoms with Crippen molar-refractivity contribution < 1.29 is 24.5 Å². The first-order valence-electron chi connectivity index (χ1n) is 6.25. The highest BCUT2D eigenvalue weighted by molar-refractivity contribution is 14.1. The van der Waals surface area contributed by atoms with Gasteiger partial charge in [-0.2, -0.15) is 0 Å². The molecular formula is C14H18INO5. The van der Waals surface area contributed by atoms with Crippen LogP contribution in [0.1, 0.15) is 30.3 Å². The van der Waals surface area contributed by atoms with Gasteiger partial charge in [0.05, 0.1) is 3.92 Å². The highest BCUT2D eigenvalue weighted by atomic mass is 127. The van der Waals surface area contributed by atoms with Crippen molar-refractivity contribution in [1.29, 1.82) is 0 Å². The third-order valence-corrected chi connectivity index (χ3v) is 3.88. The molecular weight excluding hydrogens is 389 g/mol. The monoisotopic (exact) mass is 407 g/mol. The molecule has 0 radical (unpaired) electrons. The number of halogens is 1. The van der Waals surface area contributed by atoms with Gasteiger partial charge in [-0.25, -0.2) is 9.59 Å². The van der Waals surface area contributed by atoms with Crippen molar-refractivity contribution in [2.45, 2.75) is 36.3 Å². The van der Waals surface area contributed by atoms with E-state index in [0.717, 1.165) is 0 Å². The fourth-order valence-corrected chi connectivity index (χ4v) is 2.45. The minimum Gasteiger partial charge on any atom is -0.508 e. The Morgan fingerprint density at radius 3 is 2.19 bits per heavy atom. The highest BCUT2D eigenvalue weighted by Crippen LogP contribution is 2.29. The van der Waals surface area contributed by atoms with Crippen LogP contribution in [0.25, 0.3) is 0 Å². The zero-order valence-corrected chi connectivity index (χ0v) is 14.1. The molecule has 2 atom stereocenters. The fraction of sp³-hybridized carbons (Fsp3) is 0.429. The number of carbonyl (C=O) groups is 2. The minimum absolute atomic E-state index is 0.0920. The Bertz CT molecular complexity index is 509. The summed E-state index contributed by atoms with van der Waals surface area (Å²) in [6, 6.07) is 5.02. The van der Waals surface area contributed by atoms with Gasteiger partial charge in [0.2, 0.25) is 0 Å². The van der Waals surface area contributed by atoms with Gasteiger partial charge in [-0.3, -0.25) is 0 Å². The molecule has 1 aromatic carbocycles. The smallest absolute Gasteiger partial charge is 0.408 e. The van der Waals surface area contributed by atoms with E-state index in [-0.39, 0.29) is 5.75 Å². The van der Waals surface area contributed by atoms with Crippen LogP contribution in [0.4, 0.5) is 4.79 Å². The van der Waals surface area contributed by atoms with Crippen LogP contribution in [0.5, 0.6) is 5.75 Å². The van der Waals surface area contributed by atoms with Crippen LogP contribution in [0.2, 0.25) is 0 Å². The molecule has 0 aromatic heterocycles. The molecule has 0 bridgehead atoms. The first-order chi connectivity index (χ1) is 9.60. The Kier molecular flexibility index (Phi) is 5.82. The Labute approximate surface area is 136 Å². The lowest BCUT2D eigenvalue weighted by atomic mass is 10.1. The number of carbonyl (C=O) groups excluding carboxylic acids is 1. The lowest BCUT2D eigenvalue weighted by molar-refractivity contribution is -0.139. The van der Waals surface area contributed by atoms with Gasteiger partial charge in [0.25, 0.3) is 0 Å². The van der Waals surface area contributed by atoms with E-state index in [4.69, 9.17) is 4.74 Å². The number of hydrogen-bond donors (Lipinski definition) is 3. The number of aromatic hydroxyl groups is 1. The number of ether oxygens (including phenoxy) is 1. The Morgan fingerprint density at radius 2 is 1.76 bits per heavy atom. The second-order valence-electron chi connectivity index (χ2n) is 5.46. The second-order valence-corrected chi connectivity index (χ2v) is 6.80. The number of hydrogen-bond acceptors (Lipinski definition) is 4. The van der Waals surface area contributed by atoms with Crippen LogP contribution in [-0.2, 0) is 9.53 Å². The molecule has 0 aliphatic carbocycles. The van der Waals surface area contributed by atoms with Crippen molar-refractivity contribution in [3.8, 4) is 5.75 Å². The molecule has 0 heterocycles. The maximum atomic E-state index is 11.7. The number of amides is 1. The van der Waals surface area contributed by atoms with Crippen LogP contribution in [-0.4, -0.2) is 33.9 Å². The summed E-state index contributed by atoms with van der Waals surface area (Å²) in [5, 5.41) is 20.9. The summed E-state index contributed by atoms with van der Waals surface area (Å²) in [7, 11) is 0. The summed E-state index contributed by atoms with van der Waals surface area (Å²) in [4.78, 5) is 23.1. The summed E-state index contributed by atoms with van der Waals surface area (Å²) < 4.78 is 4.56. The van der Waals surface area contributed by atoms with E-state index < -0.39 is 27.6 Å². The normalized spacial score (nSPS) is 14.1. The predicted octanol–water partition coefficient (Wildman–Crippen LogP) is 2.85. The van der Waals surface area contributed by atoms with Gasteiger partial charge in [0.15, 0.2) is 0 Å². The fourth-order valence-electron chi connectivity index (χ4n) is 1.55. The van der Waals surface area contributed by atoms with Crippen LogP contribution in [0, 0.1) is 0 Å². The number of alkyl halides is 1. The van der Waals surface area contributed by atoms with Crippen molar-refractivity contribution in [1.82, 2.24) is 5.32 Å². The number of alkyl carbamates (subject to hydrolysis) is 1. The third kappa shape index (κ3) is 5.78. The van der Waals surface area contributed by atoms with Crippen LogP contribution in [0.15, 0.2) is 24.3 Å². The first-order valence-corrected chi connectivity index (χ1v) is 7.50. The number of phenolic OH excluding ortho intramolecular Hbond substituents is 1. The van der Waals surface area contributed by atoms with Crippen molar-refractivity contribution in [2.24, 2.45) is 0 Å². The highest BCUT2D eigenvalue weighted by Gasteiger charge is 2.30. The summed E-state index contributed by atoms with van der Waals surface area (Å²) in [5.41, 5.74) is -0.0243. The maximum absolute atomic E-state index is 11.7. The van der Waals surface area contributed by atoms with E-state index in [0.29, 0.717) is 5.56 Å². The first kappa shape index (κ1) is 17.5. The van der Waals surface area contributed by atoms with Gasteiger partial charge < -0.3 is 20.3 Å². The Hall–Kier alpha value is -1.51. The van der Waals surface area contributed by atoms with E-state index in [2.05, 4.69) is 5.32 Å². The van der Waals surface area contributed by atoms with E-state index in [1.165, 1.54) is 12.1 Å². The summed E-state index contributed by atoms with van der Waals surface area (Å²) in [6.45, 7) is 5.09. The van der Waals surface area contributed by atoms with Gasteiger partial charge in [0, 0.05) is 0 Å². The Morgan fingerprint density at radius 1 is 1.24 bits per heavy atom. The number of carboxylic acids is 1. The van der Waals surface area contributed by atoms with E-state index in [1.54, 1.807) is 32.9 Å². The second kappa shape index (κ2) is 6.97. The molecule has 6 nitrogen and oxygen atoms in total. The summed E-state index contributed by atoms with van der Waals surface area (Å²) >= 11 is 1.93. The van der Waals surface area contributed by atoms with Crippen molar-refractivity contribution in [3.05, 3.63) is 29.8 Å². The molecule has 1 unspecified atom stereocenters.